The molecular weight excluding hydrogens is 693 g/mol. The van der Waals surface area contributed by atoms with Crippen molar-refractivity contribution in [1.29, 1.82) is 5.26 Å². The van der Waals surface area contributed by atoms with Crippen LogP contribution in [0.15, 0.2) is 170 Å². The molecule has 4 nitrogen and oxygen atoms in total. The van der Waals surface area contributed by atoms with E-state index >= 15 is 0 Å². The summed E-state index contributed by atoms with van der Waals surface area (Å²) in [5.74, 6) is 1.92. The molecule has 4 heteroatoms. The number of rotatable bonds is 5. The van der Waals surface area contributed by atoms with E-state index in [0.717, 1.165) is 38.9 Å². The molecule has 9 aromatic rings. The van der Waals surface area contributed by atoms with Gasteiger partial charge in [0.25, 0.3) is 0 Å². The highest BCUT2D eigenvalue weighted by molar-refractivity contribution is 6.22. The summed E-state index contributed by atoms with van der Waals surface area (Å²) in [5, 5.41) is 12.0. The van der Waals surface area contributed by atoms with Crippen LogP contribution in [0.4, 0.5) is 0 Å². The maximum absolute atomic E-state index is 9.52. The van der Waals surface area contributed by atoms with Crippen molar-refractivity contribution in [1.82, 2.24) is 15.0 Å². The van der Waals surface area contributed by atoms with Gasteiger partial charge in [-0.25, -0.2) is 15.0 Å². The number of aromatic nitrogens is 3. The zero-order chi connectivity index (χ0) is 38.3. The standard InChI is InChI=1S/C53H34N4/c1-53(2)46-15-9-8-14-42(46)43-25-24-37(30-47(43)53)52-56-50(35-10-4-3-5-11-35)55-51(57-52)36-22-20-34(21-23-36)39-27-29-45-41-13-7-6-12-40(41)44-28-26-38(48(39)49(44)45)33-18-16-32(31-54)17-19-33/h3-30H,1-2H3. The van der Waals surface area contributed by atoms with Crippen LogP contribution in [0.1, 0.15) is 30.5 Å². The van der Waals surface area contributed by atoms with Crippen LogP contribution in [-0.2, 0) is 5.41 Å². The molecule has 2 aliphatic carbocycles. The Morgan fingerprint density at radius 2 is 0.789 bits per heavy atom. The number of hydrogen-bond donors (Lipinski definition) is 0. The fourth-order valence-electron chi connectivity index (χ4n) is 9.10. The Morgan fingerprint density at radius 1 is 0.368 bits per heavy atom. The van der Waals surface area contributed by atoms with E-state index in [1.165, 1.54) is 55.3 Å². The van der Waals surface area contributed by atoms with Crippen molar-refractivity contribution in [2.24, 2.45) is 0 Å². The third kappa shape index (κ3) is 5.10. The second kappa shape index (κ2) is 12.5. The molecule has 2 aliphatic rings. The normalized spacial score (nSPS) is 12.9. The second-order valence-corrected chi connectivity index (χ2v) is 15.5. The van der Waals surface area contributed by atoms with Crippen LogP contribution in [0, 0.1) is 11.3 Å². The van der Waals surface area contributed by atoms with Gasteiger partial charge in [-0.1, -0.05) is 166 Å². The minimum Gasteiger partial charge on any atom is -0.208 e. The van der Waals surface area contributed by atoms with Crippen molar-refractivity contribution in [2.45, 2.75) is 19.3 Å². The van der Waals surface area contributed by atoms with E-state index in [9.17, 15) is 5.26 Å². The number of benzene rings is 8. The highest BCUT2D eigenvalue weighted by Crippen LogP contribution is 2.52. The van der Waals surface area contributed by atoms with Crippen LogP contribution in [0.25, 0.3) is 101 Å². The van der Waals surface area contributed by atoms with Crippen molar-refractivity contribution < 1.29 is 0 Å². The van der Waals surface area contributed by atoms with Gasteiger partial charge >= 0.3 is 0 Å². The molecule has 11 rings (SSSR count). The molecule has 0 atom stereocenters. The smallest absolute Gasteiger partial charge is 0.164 e. The molecule has 1 heterocycles. The van der Waals surface area contributed by atoms with E-state index in [0.29, 0.717) is 23.0 Å². The molecule has 8 aromatic carbocycles. The van der Waals surface area contributed by atoms with Gasteiger partial charge in [0.05, 0.1) is 11.6 Å². The quantitative estimate of drug-likeness (QED) is 0.177. The SMILES string of the molecule is CC1(C)c2ccccc2-c2ccc(-c3nc(-c4ccccc4)nc(-c4ccc(-c5ccc6c7c(ccc(-c8ccc(C#N)cc8)c57)-c5ccccc5-6)cc4)n3)cc21. The molecule has 266 valence electrons. The summed E-state index contributed by atoms with van der Waals surface area (Å²) in [6.45, 7) is 4.59. The fourth-order valence-corrected chi connectivity index (χ4v) is 9.10. The lowest BCUT2D eigenvalue weighted by molar-refractivity contribution is 0.660. The van der Waals surface area contributed by atoms with Crippen molar-refractivity contribution in [3.63, 3.8) is 0 Å². The summed E-state index contributed by atoms with van der Waals surface area (Å²) in [4.78, 5) is 15.3. The van der Waals surface area contributed by atoms with Crippen molar-refractivity contribution in [3.05, 3.63) is 187 Å². The number of nitrogens with zero attached hydrogens (tertiary/aromatic N) is 4. The van der Waals surface area contributed by atoms with Crippen molar-refractivity contribution in [2.75, 3.05) is 0 Å². The molecule has 0 aliphatic heterocycles. The minimum atomic E-state index is -0.138. The average molecular weight is 727 g/mol. The van der Waals surface area contributed by atoms with E-state index in [1.54, 1.807) is 0 Å². The van der Waals surface area contributed by atoms with Crippen LogP contribution in [0.5, 0.6) is 0 Å². The maximum Gasteiger partial charge on any atom is 0.164 e. The molecule has 0 radical (unpaired) electrons. The fraction of sp³-hybridized carbons (Fsp3) is 0.0566. The highest BCUT2D eigenvalue weighted by Gasteiger charge is 2.35. The first kappa shape index (κ1) is 32.9. The topological polar surface area (TPSA) is 62.5 Å². The van der Waals surface area contributed by atoms with Gasteiger partial charge in [-0.3, -0.25) is 0 Å². The van der Waals surface area contributed by atoms with E-state index in [-0.39, 0.29) is 5.41 Å². The van der Waals surface area contributed by atoms with Gasteiger partial charge in [0.15, 0.2) is 17.5 Å². The van der Waals surface area contributed by atoms with Crippen molar-refractivity contribution in [3.8, 4) is 95.9 Å². The largest absolute Gasteiger partial charge is 0.208 e. The predicted octanol–water partition coefficient (Wildman–Crippen LogP) is 13.2. The summed E-state index contributed by atoms with van der Waals surface area (Å²) in [5.41, 5.74) is 18.0. The third-order valence-electron chi connectivity index (χ3n) is 12.0. The molecule has 0 amide bonds. The van der Waals surface area contributed by atoms with Crippen LogP contribution in [0.2, 0.25) is 0 Å². The Hall–Kier alpha value is -7.48. The summed E-state index contributed by atoms with van der Waals surface area (Å²) in [6.07, 6.45) is 0. The zero-order valence-corrected chi connectivity index (χ0v) is 31.5. The van der Waals surface area contributed by atoms with Gasteiger partial charge in [-0.2, -0.15) is 5.26 Å². The number of fused-ring (bicyclic) bond motifs is 6. The van der Waals surface area contributed by atoms with Gasteiger partial charge in [0.1, 0.15) is 0 Å². The first-order valence-electron chi connectivity index (χ1n) is 19.3. The van der Waals surface area contributed by atoms with Gasteiger partial charge < -0.3 is 0 Å². The van der Waals surface area contributed by atoms with Gasteiger partial charge in [-0.15, -0.1) is 0 Å². The Bertz CT molecular complexity index is 3110. The molecule has 0 spiro atoms. The summed E-state index contributed by atoms with van der Waals surface area (Å²) in [7, 11) is 0. The molecule has 0 bridgehead atoms. The Balaban J connectivity index is 1.05. The van der Waals surface area contributed by atoms with Crippen LogP contribution in [-0.4, -0.2) is 15.0 Å². The van der Waals surface area contributed by atoms with Gasteiger partial charge in [0, 0.05) is 22.1 Å². The van der Waals surface area contributed by atoms with Crippen LogP contribution < -0.4 is 0 Å². The summed E-state index contributed by atoms with van der Waals surface area (Å²) >= 11 is 0. The highest BCUT2D eigenvalue weighted by atomic mass is 15.0. The maximum atomic E-state index is 9.52. The Kier molecular flexibility index (Phi) is 7.23. The first-order valence-corrected chi connectivity index (χ1v) is 19.3. The summed E-state index contributed by atoms with van der Waals surface area (Å²) in [6, 6.07) is 62.0. The van der Waals surface area contributed by atoms with E-state index in [2.05, 4.69) is 147 Å². The monoisotopic (exact) mass is 726 g/mol. The number of nitriles is 1. The third-order valence-corrected chi connectivity index (χ3v) is 12.0. The van der Waals surface area contributed by atoms with E-state index in [4.69, 9.17) is 15.0 Å². The van der Waals surface area contributed by atoms with Crippen molar-refractivity contribution >= 4 is 10.8 Å². The van der Waals surface area contributed by atoms with Crippen LogP contribution in [0.3, 0.4) is 0 Å². The Labute approximate surface area is 331 Å². The van der Waals surface area contributed by atoms with E-state index in [1.807, 2.05) is 42.5 Å². The predicted molar refractivity (Wildman–Crippen MR) is 231 cm³/mol. The molecule has 0 saturated heterocycles. The minimum absolute atomic E-state index is 0.138. The molecule has 57 heavy (non-hydrogen) atoms. The number of hydrogen-bond acceptors (Lipinski definition) is 4. The molecule has 0 saturated carbocycles. The summed E-state index contributed by atoms with van der Waals surface area (Å²) < 4.78 is 0. The van der Waals surface area contributed by atoms with Gasteiger partial charge in [0.2, 0.25) is 0 Å². The second-order valence-electron chi connectivity index (χ2n) is 15.5. The Morgan fingerprint density at radius 3 is 1.40 bits per heavy atom. The van der Waals surface area contributed by atoms with E-state index < -0.39 is 0 Å². The lowest BCUT2D eigenvalue weighted by atomic mass is 9.82. The van der Waals surface area contributed by atoms with Crippen LogP contribution >= 0.6 is 0 Å². The lowest BCUT2D eigenvalue weighted by Gasteiger charge is -2.21. The molecule has 0 unspecified atom stereocenters. The first-order chi connectivity index (χ1) is 28.0. The van der Waals surface area contributed by atoms with Gasteiger partial charge in [-0.05, 0) is 95.7 Å². The molecule has 0 N–H and O–H groups in total. The average Bonchev–Trinajstić information content (AvgIpc) is 3.72. The molecule has 1 aromatic heterocycles. The molecule has 0 fully saturated rings. The lowest BCUT2D eigenvalue weighted by Crippen LogP contribution is -2.15. The zero-order valence-electron chi connectivity index (χ0n) is 31.5. The molecular formula is C53H34N4.